The van der Waals surface area contributed by atoms with E-state index in [2.05, 4.69) is 5.10 Å². The molecule has 1 aromatic carbocycles. The Bertz CT molecular complexity index is 1030. The van der Waals surface area contributed by atoms with Crippen molar-refractivity contribution in [2.45, 2.75) is 36.4 Å². The van der Waals surface area contributed by atoms with Gasteiger partial charge in [-0.2, -0.15) is 18.2 Å². The van der Waals surface area contributed by atoms with Gasteiger partial charge in [0.15, 0.2) is 12.3 Å². The second-order valence-corrected chi connectivity index (χ2v) is 7.52. The lowest BCUT2D eigenvalue weighted by Crippen LogP contribution is -2.41. The maximum Gasteiger partial charge on any atom is 0.347 e. The molecule has 0 aliphatic carbocycles. The van der Waals surface area contributed by atoms with E-state index in [1.807, 2.05) is 4.98 Å². The average molecular weight is 399 g/mol. The van der Waals surface area contributed by atoms with Gasteiger partial charge in [-0.1, -0.05) is 17.7 Å². The molecule has 1 aliphatic rings. The summed E-state index contributed by atoms with van der Waals surface area (Å²) in [7, 11) is -4.32. The van der Waals surface area contributed by atoms with E-state index in [1.165, 1.54) is 12.1 Å². The molecular formula is C15H17N3O8S. The zero-order valence-corrected chi connectivity index (χ0v) is 14.9. The van der Waals surface area contributed by atoms with Gasteiger partial charge in [0.05, 0.1) is 11.5 Å². The van der Waals surface area contributed by atoms with Crippen LogP contribution in [0.15, 0.2) is 44.9 Å². The summed E-state index contributed by atoms with van der Waals surface area (Å²) in [6.45, 7) is 1.13. The van der Waals surface area contributed by atoms with Crippen LogP contribution in [-0.4, -0.2) is 58.3 Å². The summed E-state index contributed by atoms with van der Waals surface area (Å²) in [4.78, 5) is 24.9. The van der Waals surface area contributed by atoms with Gasteiger partial charge >= 0.3 is 5.69 Å². The summed E-state index contributed by atoms with van der Waals surface area (Å²) in [6, 6.07) is 5.80. The molecule has 0 radical (unpaired) electrons. The van der Waals surface area contributed by atoms with Crippen LogP contribution in [0.5, 0.6) is 0 Å². The number of H-pyrrole nitrogens is 1. The van der Waals surface area contributed by atoms with Crippen LogP contribution in [0, 0.1) is 6.92 Å². The normalized spacial score (nSPS) is 25.6. The van der Waals surface area contributed by atoms with Crippen molar-refractivity contribution < 1.29 is 27.6 Å². The Morgan fingerprint density at radius 1 is 1.30 bits per heavy atom. The number of aromatic amines is 1. The van der Waals surface area contributed by atoms with Crippen LogP contribution >= 0.6 is 0 Å². The minimum atomic E-state index is -4.32. The van der Waals surface area contributed by atoms with Crippen molar-refractivity contribution in [2.75, 3.05) is 6.61 Å². The maximum absolute atomic E-state index is 12.5. The number of nitrogens with zero attached hydrogens (tertiary/aromatic N) is 2. The van der Waals surface area contributed by atoms with Crippen LogP contribution in [-0.2, 0) is 19.0 Å². The van der Waals surface area contributed by atoms with Crippen LogP contribution < -0.4 is 11.2 Å². The van der Waals surface area contributed by atoms with E-state index in [4.69, 9.17) is 8.92 Å². The zero-order chi connectivity index (χ0) is 19.8. The number of benzene rings is 1. The highest BCUT2D eigenvalue weighted by atomic mass is 32.2. The van der Waals surface area contributed by atoms with Crippen LogP contribution in [0.1, 0.15) is 11.8 Å². The molecule has 0 bridgehead atoms. The van der Waals surface area contributed by atoms with Crippen molar-refractivity contribution in [1.82, 2.24) is 14.8 Å². The molecule has 1 aromatic heterocycles. The molecule has 1 aliphatic heterocycles. The summed E-state index contributed by atoms with van der Waals surface area (Å²) in [5.41, 5.74) is -0.918. The fourth-order valence-corrected chi connectivity index (χ4v) is 3.70. The molecule has 3 N–H and O–H groups in total. The Morgan fingerprint density at radius 2 is 1.96 bits per heavy atom. The van der Waals surface area contributed by atoms with E-state index in [0.717, 1.165) is 11.8 Å². The smallest absolute Gasteiger partial charge is 0.347 e. The Labute approximate surface area is 152 Å². The SMILES string of the molecule is Cc1ccc(S(=O)(=O)O[C@@H]2[C@H](O)[C@H](CO)O[C@H]2n2ncc(=O)[nH]c2=O)cc1. The molecule has 0 amide bonds. The topological polar surface area (TPSA) is 161 Å². The molecule has 1 saturated heterocycles. The number of aliphatic hydroxyl groups excluding tert-OH is 2. The van der Waals surface area contributed by atoms with Crippen molar-refractivity contribution >= 4 is 10.1 Å². The summed E-state index contributed by atoms with van der Waals surface area (Å²) >= 11 is 0. The molecule has 146 valence electrons. The van der Waals surface area contributed by atoms with Crippen molar-refractivity contribution in [3.05, 3.63) is 56.9 Å². The minimum Gasteiger partial charge on any atom is -0.394 e. The third-order valence-corrected chi connectivity index (χ3v) is 5.34. The van der Waals surface area contributed by atoms with Gasteiger partial charge in [0.25, 0.3) is 15.7 Å². The van der Waals surface area contributed by atoms with Crippen molar-refractivity contribution in [1.29, 1.82) is 0 Å². The lowest BCUT2D eigenvalue weighted by atomic mass is 10.1. The van der Waals surface area contributed by atoms with Gasteiger partial charge in [-0.3, -0.25) is 14.0 Å². The lowest BCUT2D eigenvalue weighted by Gasteiger charge is -2.20. The van der Waals surface area contributed by atoms with E-state index in [9.17, 15) is 28.2 Å². The van der Waals surface area contributed by atoms with Gasteiger partial charge in [-0.15, -0.1) is 0 Å². The van der Waals surface area contributed by atoms with Crippen LogP contribution in [0.25, 0.3) is 0 Å². The number of rotatable bonds is 5. The largest absolute Gasteiger partial charge is 0.394 e. The van der Waals surface area contributed by atoms with Crippen molar-refractivity contribution in [2.24, 2.45) is 0 Å². The number of hydrogen-bond donors (Lipinski definition) is 3. The first-order valence-corrected chi connectivity index (χ1v) is 9.26. The molecule has 27 heavy (non-hydrogen) atoms. The highest BCUT2D eigenvalue weighted by Crippen LogP contribution is 2.32. The summed E-state index contributed by atoms with van der Waals surface area (Å²) < 4.78 is 36.2. The van der Waals surface area contributed by atoms with E-state index in [1.54, 1.807) is 19.1 Å². The molecule has 3 rings (SSSR count). The van der Waals surface area contributed by atoms with Gasteiger partial charge in [0.1, 0.15) is 18.4 Å². The molecule has 2 heterocycles. The van der Waals surface area contributed by atoms with E-state index < -0.39 is 52.5 Å². The number of nitrogens with one attached hydrogen (secondary N) is 1. The summed E-state index contributed by atoms with van der Waals surface area (Å²) in [6.07, 6.45) is -5.06. The predicted molar refractivity (Wildman–Crippen MR) is 89.4 cm³/mol. The molecule has 0 unspecified atom stereocenters. The quantitative estimate of drug-likeness (QED) is 0.496. The monoisotopic (exact) mass is 399 g/mol. The molecule has 12 heteroatoms. The Morgan fingerprint density at radius 3 is 2.56 bits per heavy atom. The molecule has 0 spiro atoms. The molecular weight excluding hydrogens is 382 g/mol. The number of hydrogen-bond acceptors (Lipinski definition) is 9. The lowest BCUT2D eigenvalue weighted by molar-refractivity contribution is -0.0582. The molecule has 4 atom stereocenters. The first kappa shape index (κ1) is 19.4. The third kappa shape index (κ3) is 3.84. The molecule has 2 aromatic rings. The average Bonchev–Trinajstić information content (AvgIpc) is 2.91. The zero-order valence-electron chi connectivity index (χ0n) is 14.0. The van der Waals surface area contributed by atoms with Crippen LogP contribution in [0.3, 0.4) is 0 Å². The van der Waals surface area contributed by atoms with E-state index >= 15 is 0 Å². The van der Waals surface area contributed by atoms with Crippen LogP contribution in [0.4, 0.5) is 0 Å². The van der Waals surface area contributed by atoms with Gasteiger partial charge in [-0.25, -0.2) is 4.79 Å². The number of aliphatic hydroxyl groups is 2. The number of ether oxygens (including phenoxy) is 1. The van der Waals surface area contributed by atoms with Gasteiger partial charge < -0.3 is 14.9 Å². The van der Waals surface area contributed by atoms with Crippen molar-refractivity contribution in [3.8, 4) is 0 Å². The van der Waals surface area contributed by atoms with Gasteiger partial charge in [0.2, 0.25) is 0 Å². The van der Waals surface area contributed by atoms with Crippen LogP contribution in [0.2, 0.25) is 0 Å². The highest BCUT2D eigenvalue weighted by molar-refractivity contribution is 7.86. The number of aromatic nitrogens is 3. The van der Waals surface area contributed by atoms with Gasteiger partial charge in [0, 0.05) is 0 Å². The first-order chi connectivity index (χ1) is 12.7. The highest BCUT2D eigenvalue weighted by Gasteiger charge is 2.48. The second kappa shape index (κ2) is 7.32. The predicted octanol–water partition coefficient (Wildman–Crippen LogP) is -1.74. The Balaban J connectivity index is 1.98. The summed E-state index contributed by atoms with van der Waals surface area (Å²) in [5, 5.41) is 23.2. The minimum absolute atomic E-state index is 0.159. The molecule has 1 fully saturated rings. The Kier molecular flexibility index (Phi) is 5.26. The Hall–Kier alpha value is -2.38. The fourth-order valence-electron chi connectivity index (χ4n) is 2.62. The van der Waals surface area contributed by atoms with E-state index in [0.29, 0.717) is 4.68 Å². The fraction of sp³-hybridized carbons (Fsp3) is 0.400. The first-order valence-electron chi connectivity index (χ1n) is 7.85. The molecule has 0 saturated carbocycles. The summed E-state index contributed by atoms with van der Waals surface area (Å²) in [5.74, 6) is 0. The van der Waals surface area contributed by atoms with E-state index in [-0.39, 0.29) is 4.90 Å². The molecule has 11 nitrogen and oxygen atoms in total. The van der Waals surface area contributed by atoms with Gasteiger partial charge in [-0.05, 0) is 19.1 Å². The third-order valence-electron chi connectivity index (χ3n) is 4.02. The standard InChI is InChI=1S/C15H17N3O8S/c1-8-2-4-9(5-3-8)27(23,24)26-13-12(21)10(7-19)25-14(13)18-15(22)17-11(20)6-16-18/h2-6,10,12-14,19,21H,7H2,1H3,(H,17,20,22)/t10-,12+,13+,14+/m0/s1. The number of aryl methyl sites for hydroxylation is 1. The second-order valence-electron chi connectivity index (χ2n) is 5.95. The van der Waals surface area contributed by atoms with Crippen molar-refractivity contribution in [3.63, 3.8) is 0 Å². The maximum atomic E-state index is 12.5.